The number of nitrogens with one attached hydrogen (secondary N) is 1. The number of carbonyl (C=O) groups is 1. The molecule has 2 heterocycles. The number of fused-ring (bicyclic) bond motifs is 1. The van der Waals surface area contributed by atoms with Crippen molar-refractivity contribution >= 4 is 21.6 Å². The zero-order chi connectivity index (χ0) is 28.0. The van der Waals surface area contributed by atoms with Gasteiger partial charge in [-0.2, -0.15) is 0 Å². The fourth-order valence-corrected chi connectivity index (χ4v) is 5.77. The van der Waals surface area contributed by atoms with Gasteiger partial charge in [0, 0.05) is 49.2 Å². The van der Waals surface area contributed by atoms with E-state index in [1.807, 2.05) is 33.0 Å². The maximum Gasteiger partial charge on any atom is 0.261 e. The van der Waals surface area contributed by atoms with Crippen molar-refractivity contribution < 1.29 is 23.1 Å². The van der Waals surface area contributed by atoms with E-state index in [-0.39, 0.29) is 41.9 Å². The molecule has 1 aromatic heterocycles. The third-order valence-electron chi connectivity index (χ3n) is 6.92. The largest absolute Gasteiger partial charge is 0.488 e. The minimum Gasteiger partial charge on any atom is -0.488 e. The van der Waals surface area contributed by atoms with Crippen LogP contribution in [0.15, 0.2) is 78.0 Å². The van der Waals surface area contributed by atoms with Gasteiger partial charge in [-0.05, 0) is 62.0 Å². The molecule has 1 amide bonds. The van der Waals surface area contributed by atoms with Crippen LogP contribution in [-0.2, 0) is 27.8 Å². The Morgan fingerprint density at radius 2 is 1.87 bits per heavy atom. The van der Waals surface area contributed by atoms with E-state index in [1.165, 1.54) is 12.1 Å². The van der Waals surface area contributed by atoms with Crippen LogP contribution in [0.25, 0.3) is 0 Å². The summed E-state index contributed by atoms with van der Waals surface area (Å²) in [4.78, 5) is 21.5. The van der Waals surface area contributed by atoms with Crippen molar-refractivity contribution in [1.29, 1.82) is 0 Å². The highest BCUT2D eigenvalue weighted by atomic mass is 32.2. The minimum atomic E-state index is -3.80. The predicted octanol–water partition coefficient (Wildman–Crippen LogP) is 3.16. The number of hydrogen-bond acceptors (Lipinski definition) is 7. The van der Waals surface area contributed by atoms with Gasteiger partial charge < -0.3 is 14.7 Å². The average molecular weight is 553 g/mol. The molecule has 2 aromatic carbocycles. The van der Waals surface area contributed by atoms with E-state index >= 15 is 0 Å². The molecule has 39 heavy (non-hydrogen) atoms. The van der Waals surface area contributed by atoms with Gasteiger partial charge in [0.2, 0.25) is 5.91 Å². The van der Waals surface area contributed by atoms with Gasteiger partial charge in [0.15, 0.2) is 0 Å². The van der Waals surface area contributed by atoms with Crippen molar-refractivity contribution in [2.45, 2.75) is 43.9 Å². The lowest BCUT2D eigenvalue weighted by Crippen LogP contribution is -2.47. The number of aliphatic hydroxyl groups excluding tert-OH is 1. The molecule has 0 saturated carbocycles. The van der Waals surface area contributed by atoms with E-state index in [2.05, 4.69) is 14.6 Å². The average Bonchev–Trinajstić information content (AvgIpc) is 2.96. The van der Waals surface area contributed by atoms with Crippen molar-refractivity contribution in [2.24, 2.45) is 5.92 Å². The van der Waals surface area contributed by atoms with Crippen LogP contribution in [-0.4, -0.2) is 73.1 Å². The third kappa shape index (κ3) is 7.35. The van der Waals surface area contributed by atoms with Crippen molar-refractivity contribution in [3.8, 4) is 5.75 Å². The topological polar surface area (TPSA) is 112 Å². The van der Waals surface area contributed by atoms with Crippen molar-refractivity contribution in [2.75, 3.05) is 31.5 Å². The lowest BCUT2D eigenvalue weighted by atomic mass is 10.0. The Morgan fingerprint density at radius 3 is 2.56 bits per heavy atom. The highest BCUT2D eigenvalue weighted by molar-refractivity contribution is 7.92. The molecule has 0 saturated heterocycles. The summed E-state index contributed by atoms with van der Waals surface area (Å²) in [6.07, 6.45) is 3.29. The Kier molecular flexibility index (Phi) is 9.21. The lowest BCUT2D eigenvalue weighted by molar-refractivity contribution is -0.134. The monoisotopic (exact) mass is 552 g/mol. The van der Waals surface area contributed by atoms with E-state index in [0.29, 0.717) is 36.6 Å². The Morgan fingerprint density at radius 1 is 1.15 bits per heavy atom. The Bertz CT molecular complexity index is 1350. The highest BCUT2D eigenvalue weighted by Gasteiger charge is 2.31. The summed E-state index contributed by atoms with van der Waals surface area (Å²) < 4.78 is 35.0. The molecule has 1 aliphatic heterocycles. The molecule has 0 bridgehead atoms. The molecule has 1 aliphatic rings. The molecule has 0 fully saturated rings. The second-order valence-electron chi connectivity index (χ2n) is 10.2. The molecule has 0 aliphatic carbocycles. The molecule has 3 atom stereocenters. The van der Waals surface area contributed by atoms with Crippen LogP contribution in [0.2, 0.25) is 0 Å². The molecule has 0 unspecified atom stereocenters. The van der Waals surface area contributed by atoms with Crippen LogP contribution in [0, 0.1) is 5.92 Å². The van der Waals surface area contributed by atoms with Gasteiger partial charge in [-0.3, -0.25) is 19.4 Å². The maximum absolute atomic E-state index is 13.4. The fraction of sp³-hybridized carbons (Fsp3) is 0.379. The summed E-state index contributed by atoms with van der Waals surface area (Å²) in [6.45, 7) is 5.44. The van der Waals surface area contributed by atoms with Gasteiger partial charge in [0.05, 0.1) is 24.0 Å². The first-order valence-corrected chi connectivity index (χ1v) is 14.5. The Balaban J connectivity index is 1.63. The minimum absolute atomic E-state index is 0.0207. The van der Waals surface area contributed by atoms with E-state index in [0.717, 1.165) is 5.56 Å². The SMILES string of the molecule is C[C@@H]1CN([C@H](C)CO)C(=O)Cc2cc(NS(=O)(=O)c3ccccc3)ccc2O[C@@H]1CN(C)Cc1ccncc1. The van der Waals surface area contributed by atoms with Crippen LogP contribution in [0.1, 0.15) is 25.0 Å². The molecular formula is C29H36N4O5S. The van der Waals surface area contributed by atoms with Crippen LogP contribution in [0.5, 0.6) is 5.75 Å². The molecule has 10 heteroatoms. The summed E-state index contributed by atoms with van der Waals surface area (Å²) in [5, 5.41) is 9.86. The summed E-state index contributed by atoms with van der Waals surface area (Å²) >= 11 is 0. The van der Waals surface area contributed by atoms with Gasteiger partial charge in [-0.1, -0.05) is 25.1 Å². The molecular weight excluding hydrogens is 516 g/mol. The number of sulfonamides is 1. The van der Waals surface area contributed by atoms with Crippen molar-refractivity contribution in [1.82, 2.24) is 14.8 Å². The second kappa shape index (κ2) is 12.6. The number of likely N-dealkylation sites (N-methyl/N-ethyl adjacent to an activating group) is 1. The van der Waals surface area contributed by atoms with Crippen LogP contribution in [0.4, 0.5) is 5.69 Å². The number of anilines is 1. The first-order valence-electron chi connectivity index (χ1n) is 13.0. The summed E-state index contributed by atoms with van der Waals surface area (Å²) in [7, 11) is -1.78. The number of carbonyl (C=O) groups excluding carboxylic acids is 1. The predicted molar refractivity (Wildman–Crippen MR) is 150 cm³/mol. The molecule has 9 nitrogen and oxygen atoms in total. The third-order valence-corrected chi connectivity index (χ3v) is 8.31. The Hall–Kier alpha value is -3.47. The van der Waals surface area contributed by atoms with Crippen LogP contribution < -0.4 is 9.46 Å². The number of hydrogen-bond donors (Lipinski definition) is 2. The van der Waals surface area contributed by atoms with Gasteiger partial charge in [0.1, 0.15) is 11.9 Å². The summed E-state index contributed by atoms with van der Waals surface area (Å²) in [6, 6.07) is 16.7. The number of ether oxygens (including phenoxy) is 1. The molecule has 0 spiro atoms. The zero-order valence-electron chi connectivity index (χ0n) is 22.5. The van der Waals surface area contributed by atoms with E-state index < -0.39 is 10.0 Å². The van der Waals surface area contributed by atoms with Crippen molar-refractivity contribution in [3.05, 3.63) is 84.2 Å². The van der Waals surface area contributed by atoms with E-state index in [9.17, 15) is 18.3 Å². The Labute approximate surface area is 230 Å². The lowest BCUT2D eigenvalue weighted by Gasteiger charge is -2.34. The van der Waals surface area contributed by atoms with Crippen molar-refractivity contribution in [3.63, 3.8) is 0 Å². The zero-order valence-corrected chi connectivity index (χ0v) is 23.3. The molecule has 208 valence electrons. The number of rotatable bonds is 9. The van der Waals surface area contributed by atoms with E-state index in [1.54, 1.807) is 53.7 Å². The second-order valence-corrected chi connectivity index (χ2v) is 11.9. The van der Waals surface area contributed by atoms with Crippen LogP contribution in [0.3, 0.4) is 0 Å². The standard InChI is InChI=1S/C29H36N4O5S/c1-21-17-33(22(2)20-34)29(35)16-24-15-25(31-39(36,37)26-7-5-4-6-8-26)9-10-27(24)38-28(21)19-32(3)18-23-11-13-30-14-12-23/h4-15,21-22,28,31,34H,16-20H2,1-3H3/t21-,22-,28-/m1/s1. The first-order chi connectivity index (χ1) is 18.7. The molecule has 4 rings (SSSR count). The number of amides is 1. The summed E-state index contributed by atoms with van der Waals surface area (Å²) in [5.74, 6) is 0.353. The maximum atomic E-state index is 13.4. The van der Waals surface area contributed by atoms with Crippen LogP contribution >= 0.6 is 0 Å². The van der Waals surface area contributed by atoms with Gasteiger partial charge >= 0.3 is 0 Å². The molecule has 3 aromatic rings. The van der Waals surface area contributed by atoms with Gasteiger partial charge in [-0.15, -0.1) is 0 Å². The number of nitrogens with zero attached hydrogens (tertiary/aromatic N) is 3. The smallest absolute Gasteiger partial charge is 0.261 e. The number of aromatic nitrogens is 1. The quantitative estimate of drug-likeness (QED) is 0.419. The van der Waals surface area contributed by atoms with E-state index in [4.69, 9.17) is 4.74 Å². The highest BCUT2D eigenvalue weighted by Crippen LogP contribution is 2.30. The van der Waals surface area contributed by atoms with Gasteiger partial charge in [-0.25, -0.2) is 8.42 Å². The fourth-order valence-electron chi connectivity index (χ4n) is 4.70. The number of aliphatic hydroxyl groups is 1. The van der Waals surface area contributed by atoms with Gasteiger partial charge in [0.25, 0.3) is 10.0 Å². The molecule has 0 radical (unpaired) electrons. The number of pyridine rings is 1. The first kappa shape index (κ1) is 28.5. The summed E-state index contributed by atoms with van der Waals surface area (Å²) in [5.41, 5.74) is 2.05. The molecule has 2 N–H and O–H groups in total. The number of benzene rings is 2. The normalized spacial score (nSPS) is 18.9.